The van der Waals surface area contributed by atoms with Gasteiger partial charge in [-0.1, -0.05) is 25.1 Å². The Bertz CT molecular complexity index is 381. The van der Waals surface area contributed by atoms with Crippen LogP contribution in [0.1, 0.15) is 37.3 Å². The van der Waals surface area contributed by atoms with Gasteiger partial charge in [0.2, 0.25) is 0 Å². The van der Waals surface area contributed by atoms with E-state index < -0.39 is 5.97 Å². The number of hydrogen-bond donors (Lipinski definition) is 1. The molecule has 1 aromatic rings. The molecule has 3 nitrogen and oxygen atoms in total. The van der Waals surface area contributed by atoms with Gasteiger partial charge in [0, 0.05) is 25.2 Å². The summed E-state index contributed by atoms with van der Waals surface area (Å²) in [5.74, 6) is -0.715. The van der Waals surface area contributed by atoms with Crippen LogP contribution in [0.5, 0.6) is 0 Å². The summed E-state index contributed by atoms with van der Waals surface area (Å²) in [6.07, 6.45) is 2.01. The van der Waals surface area contributed by atoms with Gasteiger partial charge < -0.3 is 10.0 Å². The van der Waals surface area contributed by atoms with Crippen LogP contribution in [0.15, 0.2) is 18.2 Å². The number of aryl methyl sites for hydroxylation is 2. The molecule has 3 heteroatoms. The first-order chi connectivity index (χ1) is 8.56. The maximum Gasteiger partial charge on any atom is 0.303 e. The van der Waals surface area contributed by atoms with E-state index in [0.29, 0.717) is 6.42 Å². The molecule has 1 N–H and O–H groups in total. The van der Waals surface area contributed by atoms with E-state index in [4.69, 9.17) is 5.11 Å². The minimum Gasteiger partial charge on any atom is -0.481 e. The summed E-state index contributed by atoms with van der Waals surface area (Å²) in [5.41, 5.74) is 3.79. The fraction of sp³-hybridized carbons (Fsp3) is 0.533. The SMILES string of the molecule is CCCN(CCCC(=O)O)c1c(C)cccc1C. The second-order valence-corrected chi connectivity index (χ2v) is 4.72. The summed E-state index contributed by atoms with van der Waals surface area (Å²) in [5, 5.41) is 8.72. The highest BCUT2D eigenvalue weighted by Gasteiger charge is 2.11. The van der Waals surface area contributed by atoms with Crippen molar-refractivity contribution in [2.75, 3.05) is 18.0 Å². The minimum absolute atomic E-state index is 0.241. The molecule has 100 valence electrons. The Kier molecular flexibility index (Phi) is 5.69. The molecule has 0 bridgehead atoms. The highest BCUT2D eigenvalue weighted by Crippen LogP contribution is 2.25. The van der Waals surface area contributed by atoms with Gasteiger partial charge in [-0.15, -0.1) is 0 Å². The molecule has 0 aromatic heterocycles. The molecular weight excluding hydrogens is 226 g/mol. The van der Waals surface area contributed by atoms with Gasteiger partial charge >= 0.3 is 5.97 Å². The van der Waals surface area contributed by atoms with Crippen LogP contribution in [-0.4, -0.2) is 24.2 Å². The number of aliphatic carboxylic acids is 1. The molecule has 0 aliphatic carbocycles. The van der Waals surface area contributed by atoms with Gasteiger partial charge in [0.25, 0.3) is 0 Å². The molecule has 0 spiro atoms. The molecule has 18 heavy (non-hydrogen) atoms. The van der Waals surface area contributed by atoms with Crippen molar-refractivity contribution in [1.29, 1.82) is 0 Å². The molecule has 0 atom stereocenters. The summed E-state index contributed by atoms with van der Waals surface area (Å²) in [7, 11) is 0. The van der Waals surface area contributed by atoms with Crippen molar-refractivity contribution in [3.8, 4) is 0 Å². The maximum absolute atomic E-state index is 10.6. The Labute approximate surface area is 109 Å². The standard InChI is InChI=1S/C15H23NO2/c1-4-10-16(11-6-9-14(17)18)15-12(2)7-5-8-13(15)3/h5,7-8H,4,6,9-11H2,1-3H3,(H,17,18). The number of anilines is 1. The first kappa shape index (κ1) is 14.6. The van der Waals surface area contributed by atoms with Gasteiger partial charge in [-0.3, -0.25) is 4.79 Å². The summed E-state index contributed by atoms with van der Waals surface area (Å²) in [4.78, 5) is 12.9. The van der Waals surface area contributed by atoms with Crippen molar-refractivity contribution >= 4 is 11.7 Å². The molecule has 0 aliphatic rings. The first-order valence-corrected chi connectivity index (χ1v) is 6.59. The Morgan fingerprint density at radius 2 is 1.83 bits per heavy atom. The molecule has 1 aromatic carbocycles. The molecule has 0 saturated carbocycles. The lowest BCUT2D eigenvalue weighted by molar-refractivity contribution is -0.137. The zero-order valence-electron chi connectivity index (χ0n) is 11.6. The zero-order chi connectivity index (χ0) is 13.5. The van der Waals surface area contributed by atoms with Gasteiger partial charge in [0.15, 0.2) is 0 Å². The Morgan fingerprint density at radius 1 is 1.22 bits per heavy atom. The van der Waals surface area contributed by atoms with Crippen LogP contribution in [-0.2, 0) is 4.79 Å². The fourth-order valence-electron chi connectivity index (χ4n) is 2.33. The van der Waals surface area contributed by atoms with Crippen molar-refractivity contribution in [3.63, 3.8) is 0 Å². The van der Waals surface area contributed by atoms with E-state index in [-0.39, 0.29) is 6.42 Å². The summed E-state index contributed by atoms with van der Waals surface area (Å²) >= 11 is 0. The predicted octanol–water partition coefficient (Wildman–Crippen LogP) is 3.38. The lowest BCUT2D eigenvalue weighted by Crippen LogP contribution is -2.27. The van der Waals surface area contributed by atoms with Crippen LogP contribution >= 0.6 is 0 Å². The number of nitrogens with zero attached hydrogens (tertiary/aromatic N) is 1. The van der Waals surface area contributed by atoms with E-state index in [1.54, 1.807) is 0 Å². The normalized spacial score (nSPS) is 10.4. The second-order valence-electron chi connectivity index (χ2n) is 4.72. The molecule has 0 unspecified atom stereocenters. The third-order valence-corrected chi connectivity index (χ3v) is 3.07. The quantitative estimate of drug-likeness (QED) is 0.805. The van der Waals surface area contributed by atoms with E-state index in [0.717, 1.165) is 19.5 Å². The monoisotopic (exact) mass is 249 g/mol. The maximum atomic E-state index is 10.6. The van der Waals surface area contributed by atoms with Crippen LogP contribution in [0.4, 0.5) is 5.69 Å². The van der Waals surface area contributed by atoms with Crippen LogP contribution in [0.3, 0.4) is 0 Å². The third-order valence-electron chi connectivity index (χ3n) is 3.07. The number of carboxylic acid groups (broad SMARTS) is 1. The van der Waals surface area contributed by atoms with Crippen LogP contribution < -0.4 is 4.90 Å². The van der Waals surface area contributed by atoms with Gasteiger partial charge in [0.1, 0.15) is 0 Å². The number of rotatable bonds is 7. The average Bonchev–Trinajstić information content (AvgIpc) is 2.28. The number of benzene rings is 1. The largest absolute Gasteiger partial charge is 0.481 e. The molecule has 0 saturated heterocycles. The van der Waals surface area contributed by atoms with Crippen LogP contribution in [0.2, 0.25) is 0 Å². The number of hydrogen-bond acceptors (Lipinski definition) is 2. The molecule has 0 fully saturated rings. The van der Waals surface area contributed by atoms with Crippen molar-refractivity contribution in [3.05, 3.63) is 29.3 Å². The highest BCUT2D eigenvalue weighted by atomic mass is 16.4. The van der Waals surface area contributed by atoms with Gasteiger partial charge in [0.05, 0.1) is 0 Å². The lowest BCUT2D eigenvalue weighted by atomic mass is 10.1. The Balaban J connectivity index is 2.80. The van der Waals surface area contributed by atoms with Crippen molar-refractivity contribution in [1.82, 2.24) is 0 Å². The second kappa shape index (κ2) is 7.04. The van der Waals surface area contributed by atoms with E-state index in [9.17, 15) is 4.79 Å². The molecule has 0 heterocycles. The van der Waals surface area contributed by atoms with Gasteiger partial charge in [-0.2, -0.15) is 0 Å². The summed E-state index contributed by atoms with van der Waals surface area (Å²) in [6, 6.07) is 6.29. The van der Waals surface area contributed by atoms with E-state index in [2.05, 4.69) is 43.9 Å². The van der Waals surface area contributed by atoms with Gasteiger partial charge in [-0.25, -0.2) is 0 Å². The molecule has 0 aliphatic heterocycles. The number of carboxylic acids is 1. The van der Waals surface area contributed by atoms with Crippen molar-refractivity contribution in [2.24, 2.45) is 0 Å². The Hall–Kier alpha value is -1.51. The average molecular weight is 249 g/mol. The summed E-state index contributed by atoms with van der Waals surface area (Å²) < 4.78 is 0. The molecule has 0 amide bonds. The molecular formula is C15H23NO2. The van der Waals surface area contributed by atoms with Crippen LogP contribution in [0.25, 0.3) is 0 Å². The predicted molar refractivity (Wildman–Crippen MR) is 75.3 cm³/mol. The van der Waals surface area contributed by atoms with Crippen molar-refractivity contribution < 1.29 is 9.90 Å². The van der Waals surface area contributed by atoms with E-state index >= 15 is 0 Å². The zero-order valence-corrected chi connectivity index (χ0v) is 11.6. The molecule has 1 rings (SSSR count). The first-order valence-electron chi connectivity index (χ1n) is 6.59. The van der Waals surface area contributed by atoms with Crippen LogP contribution in [0, 0.1) is 13.8 Å². The fourth-order valence-corrected chi connectivity index (χ4v) is 2.33. The van der Waals surface area contributed by atoms with E-state index in [1.807, 2.05) is 0 Å². The van der Waals surface area contributed by atoms with Gasteiger partial charge in [-0.05, 0) is 37.8 Å². The molecule has 0 radical (unpaired) electrons. The summed E-state index contributed by atoms with van der Waals surface area (Å²) in [6.45, 7) is 8.17. The highest BCUT2D eigenvalue weighted by molar-refractivity contribution is 5.66. The number of para-hydroxylation sites is 1. The minimum atomic E-state index is -0.715. The third kappa shape index (κ3) is 4.06. The van der Waals surface area contributed by atoms with E-state index in [1.165, 1.54) is 16.8 Å². The topological polar surface area (TPSA) is 40.5 Å². The lowest BCUT2D eigenvalue weighted by Gasteiger charge is -2.27. The smallest absolute Gasteiger partial charge is 0.303 e. The number of carbonyl (C=O) groups is 1. The van der Waals surface area contributed by atoms with Crippen molar-refractivity contribution in [2.45, 2.75) is 40.0 Å². The Morgan fingerprint density at radius 3 is 2.33 bits per heavy atom.